The maximum absolute atomic E-state index is 13.7. The van der Waals surface area contributed by atoms with Crippen LogP contribution >= 0.6 is 0 Å². The van der Waals surface area contributed by atoms with Gasteiger partial charge < -0.3 is 19.3 Å². The van der Waals surface area contributed by atoms with Crippen molar-refractivity contribution >= 4 is 15.7 Å². The number of hydrogen-bond acceptors (Lipinski definition) is 10. The van der Waals surface area contributed by atoms with Gasteiger partial charge in [-0.15, -0.1) is 0 Å². The molecule has 2 aromatic heterocycles. The van der Waals surface area contributed by atoms with Gasteiger partial charge in [0.1, 0.15) is 34.9 Å². The van der Waals surface area contributed by atoms with Gasteiger partial charge in [-0.3, -0.25) is 14.1 Å². The maximum atomic E-state index is 13.7. The molecule has 0 bridgehead atoms. The summed E-state index contributed by atoms with van der Waals surface area (Å²) < 4.78 is 58.4. The third kappa shape index (κ3) is 5.23. The number of rotatable bonds is 9. The molecule has 0 spiro atoms. The van der Waals surface area contributed by atoms with E-state index in [1.165, 1.54) is 14.2 Å². The molecule has 0 radical (unpaired) electrons. The summed E-state index contributed by atoms with van der Waals surface area (Å²) in [5.41, 5.74) is -1.40. The summed E-state index contributed by atoms with van der Waals surface area (Å²) in [5.74, 6) is -1.33. The molecule has 14 heteroatoms. The smallest absolute Gasteiger partial charge is 0.286 e. The average molecular weight is 522 g/mol. The first-order valence-corrected chi connectivity index (χ1v) is 12.5. The van der Waals surface area contributed by atoms with E-state index in [2.05, 4.69) is 19.7 Å². The first kappa shape index (κ1) is 25.3. The van der Waals surface area contributed by atoms with Crippen LogP contribution in [0, 0.1) is 5.82 Å². The minimum atomic E-state index is -4.18. The molecule has 1 atom stereocenters. The van der Waals surface area contributed by atoms with Gasteiger partial charge in [0, 0.05) is 13.0 Å². The van der Waals surface area contributed by atoms with Gasteiger partial charge in [0.25, 0.3) is 5.56 Å². The van der Waals surface area contributed by atoms with Crippen LogP contribution in [-0.4, -0.2) is 59.6 Å². The summed E-state index contributed by atoms with van der Waals surface area (Å²) in [4.78, 5) is 25.3. The minimum absolute atomic E-state index is 0.0699. The summed E-state index contributed by atoms with van der Waals surface area (Å²) in [6.07, 6.45) is 2.30. The lowest BCUT2D eigenvalue weighted by Gasteiger charge is -2.21. The van der Waals surface area contributed by atoms with Crippen LogP contribution in [0.5, 0.6) is 17.4 Å². The zero-order chi connectivity index (χ0) is 25.9. The zero-order valence-electron chi connectivity index (χ0n) is 19.5. The quantitative estimate of drug-likeness (QED) is 0.425. The van der Waals surface area contributed by atoms with Crippen LogP contribution in [0.4, 0.5) is 10.1 Å². The van der Waals surface area contributed by atoms with Crippen molar-refractivity contribution in [2.75, 3.05) is 31.3 Å². The molecule has 0 unspecified atom stereocenters. The predicted octanol–water partition coefficient (Wildman–Crippen LogP) is 1.72. The number of aryl methyl sites for hydroxylation is 1. The molecule has 1 aliphatic heterocycles. The number of sulfonamides is 1. The Hall–Kier alpha value is -3.78. The Balaban J connectivity index is 1.79. The fraction of sp³-hybridized carbons (Fsp3) is 0.364. The van der Waals surface area contributed by atoms with E-state index in [9.17, 15) is 22.7 Å². The number of benzene rings is 1. The molecule has 12 nitrogen and oxygen atoms in total. The zero-order valence-corrected chi connectivity index (χ0v) is 20.3. The molecule has 0 amide bonds. The van der Waals surface area contributed by atoms with E-state index in [0.29, 0.717) is 19.4 Å². The number of para-hydroxylation sites is 1. The van der Waals surface area contributed by atoms with Crippen molar-refractivity contribution in [1.82, 2.24) is 19.5 Å². The van der Waals surface area contributed by atoms with Crippen LogP contribution in [0.15, 0.2) is 35.4 Å². The van der Waals surface area contributed by atoms with Crippen molar-refractivity contribution in [2.24, 2.45) is 0 Å². The van der Waals surface area contributed by atoms with Gasteiger partial charge in [0.15, 0.2) is 11.5 Å². The van der Waals surface area contributed by atoms with E-state index in [0.717, 1.165) is 17.0 Å². The molecular formula is C22H24FN5O7S. The van der Waals surface area contributed by atoms with Crippen molar-refractivity contribution in [3.63, 3.8) is 0 Å². The largest absolute Gasteiger partial charge is 0.494 e. The number of anilines is 1. The predicted molar refractivity (Wildman–Crippen MR) is 126 cm³/mol. The van der Waals surface area contributed by atoms with Crippen LogP contribution in [0.1, 0.15) is 30.6 Å². The van der Waals surface area contributed by atoms with Crippen molar-refractivity contribution in [1.29, 1.82) is 0 Å². The first-order chi connectivity index (χ1) is 17.2. The normalized spacial score (nSPS) is 15.6. The first-order valence-electron chi connectivity index (χ1n) is 10.9. The summed E-state index contributed by atoms with van der Waals surface area (Å²) >= 11 is 0. The minimum Gasteiger partial charge on any atom is -0.494 e. The molecule has 1 fully saturated rings. The van der Waals surface area contributed by atoms with Crippen molar-refractivity contribution < 1.29 is 32.1 Å². The van der Waals surface area contributed by atoms with E-state index in [1.807, 2.05) is 0 Å². The molecular weight excluding hydrogens is 497 g/mol. The van der Waals surface area contributed by atoms with Crippen LogP contribution in [-0.2, 0) is 21.2 Å². The third-order valence-electron chi connectivity index (χ3n) is 5.46. The highest BCUT2D eigenvalue weighted by molar-refractivity contribution is 7.92. The van der Waals surface area contributed by atoms with Crippen molar-refractivity contribution in [2.45, 2.75) is 25.4 Å². The van der Waals surface area contributed by atoms with E-state index >= 15 is 0 Å². The van der Waals surface area contributed by atoms with E-state index in [4.69, 9.17) is 14.2 Å². The standard InChI is InChI=1S/C22H24FN5O7S/c1-33-14-5-3-6-15(34-2)19(14)28-20(16-7-4-9-35-16)26-21(29)18(22(28)30)27-36(31,32)10-8-17-24-11-13(23)12-25-17/h3,5-6,11-12,16,27,29H,4,7-10H2,1-2H3/t16-/m1/s1. The number of aromatic hydroxyl groups is 1. The highest BCUT2D eigenvalue weighted by Gasteiger charge is 2.31. The van der Waals surface area contributed by atoms with Gasteiger partial charge >= 0.3 is 0 Å². The van der Waals surface area contributed by atoms with Gasteiger partial charge in [-0.05, 0) is 25.0 Å². The summed E-state index contributed by atoms with van der Waals surface area (Å²) in [5, 5.41) is 10.6. The second-order valence-electron chi connectivity index (χ2n) is 7.81. The number of aromatic nitrogens is 4. The van der Waals surface area contributed by atoms with Crippen LogP contribution in [0.25, 0.3) is 5.69 Å². The van der Waals surface area contributed by atoms with Crippen molar-refractivity contribution in [3.05, 3.63) is 58.4 Å². The Kier molecular flexibility index (Phi) is 7.35. The monoisotopic (exact) mass is 521 g/mol. The number of hydrogen-bond donors (Lipinski definition) is 2. The lowest BCUT2D eigenvalue weighted by molar-refractivity contribution is 0.102. The number of halogens is 1. The fourth-order valence-corrected chi connectivity index (χ4v) is 4.82. The maximum Gasteiger partial charge on any atom is 0.286 e. The van der Waals surface area contributed by atoms with Crippen LogP contribution in [0.3, 0.4) is 0 Å². The number of methoxy groups -OCH3 is 2. The molecule has 4 rings (SSSR count). The second-order valence-corrected chi connectivity index (χ2v) is 9.65. The summed E-state index contributed by atoms with van der Waals surface area (Å²) in [6, 6.07) is 4.86. The van der Waals surface area contributed by atoms with E-state index in [-0.39, 0.29) is 35.3 Å². The van der Waals surface area contributed by atoms with E-state index in [1.54, 1.807) is 18.2 Å². The molecule has 3 heterocycles. The van der Waals surface area contributed by atoms with Crippen LogP contribution < -0.4 is 19.8 Å². The second kappa shape index (κ2) is 10.5. The molecule has 36 heavy (non-hydrogen) atoms. The fourth-order valence-electron chi connectivity index (χ4n) is 3.78. The molecule has 192 valence electrons. The highest BCUT2D eigenvalue weighted by Crippen LogP contribution is 2.37. The molecule has 2 N–H and O–H groups in total. The molecule has 3 aromatic rings. The SMILES string of the molecule is COc1cccc(OC)c1-n1c([C@H]2CCCO2)nc(O)c(NS(=O)(=O)CCc2ncc(F)cn2)c1=O. The number of nitrogens with zero attached hydrogens (tertiary/aromatic N) is 4. The van der Waals surface area contributed by atoms with Crippen LogP contribution in [0.2, 0.25) is 0 Å². The Morgan fingerprint density at radius 2 is 1.89 bits per heavy atom. The van der Waals surface area contributed by atoms with Gasteiger partial charge in [-0.25, -0.2) is 22.8 Å². The Bertz CT molecular complexity index is 1390. The summed E-state index contributed by atoms with van der Waals surface area (Å²) in [6.45, 7) is 0.435. The lowest BCUT2D eigenvalue weighted by atomic mass is 10.2. The van der Waals surface area contributed by atoms with E-state index < -0.39 is 44.8 Å². The number of nitrogens with one attached hydrogen (secondary N) is 1. The molecule has 0 aliphatic carbocycles. The Labute approximate surface area is 205 Å². The molecule has 1 aliphatic rings. The van der Waals surface area contributed by atoms with Gasteiger partial charge in [0.05, 0.1) is 32.4 Å². The van der Waals surface area contributed by atoms with Gasteiger partial charge in [0.2, 0.25) is 15.9 Å². The topological polar surface area (TPSA) is 155 Å². The highest BCUT2D eigenvalue weighted by atomic mass is 32.2. The van der Waals surface area contributed by atoms with Gasteiger partial charge in [-0.2, -0.15) is 4.98 Å². The third-order valence-corrected chi connectivity index (χ3v) is 6.72. The lowest BCUT2D eigenvalue weighted by Crippen LogP contribution is -2.31. The molecule has 0 saturated carbocycles. The van der Waals surface area contributed by atoms with Gasteiger partial charge in [-0.1, -0.05) is 6.07 Å². The average Bonchev–Trinajstić information content (AvgIpc) is 3.40. The molecule has 1 aromatic carbocycles. The number of ether oxygens (including phenoxy) is 3. The molecule has 1 saturated heterocycles. The van der Waals surface area contributed by atoms with Crippen molar-refractivity contribution in [3.8, 4) is 23.1 Å². The Morgan fingerprint density at radius 1 is 1.22 bits per heavy atom. The summed E-state index contributed by atoms with van der Waals surface area (Å²) in [7, 11) is -1.37. The Morgan fingerprint density at radius 3 is 2.47 bits per heavy atom.